The first-order valence-electron chi connectivity index (χ1n) is 5.99. The lowest BCUT2D eigenvalue weighted by atomic mass is 10.1. The van der Waals surface area contributed by atoms with Gasteiger partial charge in [-0.25, -0.2) is 0 Å². The summed E-state index contributed by atoms with van der Waals surface area (Å²) in [5, 5.41) is 10.2. The molecule has 0 saturated carbocycles. The van der Waals surface area contributed by atoms with Gasteiger partial charge < -0.3 is 10.6 Å². The van der Waals surface area contributed by atoms with E-state index in [2.05, 4.69) is 36.5 Å². The van der Waals surface area contributed by atoms with Gasteiger partial charge >= 0.3 is 0 Å². The summed E-state index contributed by atoms with van der Waals surface area (Å²) in [6, 6.07) is 1.80. The van der Waals surface area contributed by atoms with Crippen LogP contribution >= 0.6 is 0 Å². The molecule has 1 amide bonds. The molecule has 96 valence electrons. The lowest BCUT2D eigenvalue weighted by molar-refractivity contribution is -0.116. The lowest BCUT2D eigenvalue weighted by Crippen LogP contribution is -2.37. The standard InChI is InChI=1S/C12H22N4O/c1-5-16-9-7-10(15-16)14-11(17)6-8-13-12(2,3)4/h7,9,13H,5-6,8H2,1-4H3,(H,14,15,17). The van der Waals surface area contributed by atoms with Gasteiger partial charge in [-0.15, -0.1) is 0 Å². The molecule has 0 unspecified atom stereocenters. The highest BCUT2D eigenvalue weighted by Crippen LogP contribution is 2.03. The van der Waals surface area contributed by atoms with Crippen molar-refractivity contribution in [2.24, 2.45) is 0 Å². The first-order chi connectivity index (χ1) is 7.90. The number of anilines is 1. The van der Waals surface area contributed by atoms with Crippen LogP contribution in [0.3, 0.4) is 0 Å². The van der Waals surface area contributed by atoms with E-state index in [0.717, 1.165) is 6.54 Å². The zero-order valence-corrected chi connectivity index (χ0v) is 11.1. The minimum absolute atomic E-state index is 0.0110. The van der Waals surface area contributed by atoms with Crippen LogP contribution in [0, 0.1) is 0 Å². The summed E-state index contributed by atoms with van der Waals surface area (Å²) in [6.07, 6.45) is 2.30. The second-order valence-electron chi connectivity index (χ2n) is 5.03. The number of nitrogens with one attached hydrogen (secondary N) is 2. The van der Waals surface area contributed by atoms with Gasteiger partial charge in [-0.3, -0.25) is 9.48 Å². The van der Waals surface area contributed by atoms with Crippen LogP contribution in [0.25, 0.3) is 0 Å². The number of hydrogen-bond acceptors (Lipinski definition) is 3. The molecule has 0 spiro atoms. The third-order valence-electron chi connectivity index (χ3n) is 2.24. The molecule has 0 radical (unpaired) electrons. The summed E-state index contributed by atoms with van der Waals surface area (Å²) >= 11 is 0. The molecule has 0 bridgehead atoms. The first kappa shape index (κ1) is 13.7. The Morgan fingerprint density at radius 2 is 2.18 bits per heavy atom. The molecule has 0 atom stereocenters. The van der Waals surface area contributed by atoms with Crippen LogP contribution in [-0.4, -0.2) is 27.8 Å². The van der Waals surface area contributed by atoms with Crippen LogP contribution in [0.4, 0.5) is 5.82 Å². The smallest absolute Gasteiger partial charge is 0.226 e. The van der Waals surface area contributed by atoms with E-state index in [4.69, 9.17) is 0 Å². The molecule has 0 aromatic carbocycles. The molecule has 1 aromatic heterocycles. The highest BCUT2D eigenvalue weighted by atomic mass is 16.1. The summed E-state index contributed by atoms with van der Waals surface area (Å²) in [5.41, 5.74) is 0.0457. The summed E-state index contributed by atoms with van der Waals surface area (Å²) in [5.74, 6) is 0.607. The second kappa shape index (κ2) is 5.82. The lowest BCUT2D eigenvalue weighted by Gasteiger charge is -2.19. The van der Waals surface area contributed by atoms with Crippen molar-refractivity contribution in [1.29, 1.82) is 0 Å². The maximum absolute atomic E-state index is 11.6. The Bertz CT molecular complexity index is 365. The van der Waals surface area contributed by atoms with Crippen LogP contribution < -0.4 is 10.6 Å². The normalized spacial score (nSPS) is 11.5. The van der Waals surface area contributed by atoms with Crippen LogP contribution in [-0.2, 0) is 11.3 Å². The molecule has 1 aromatic rings. The van der Waals surface area contributed by atoms with Crippen molar-refractivity contribution in [3.63, 3.8) is 0 Å². The molecule has 0 aliphatic rings. The van der Waals surface area contributed by atoms with Crippen molar-refractivity contribution in [1.82, 2.24) is 15.1 Å². The van der Waals surface area contributed by atoms with Crippen molar-refractivity contribution in [2.45, 2.75) is 46.2 Å². The predicted molar refractivity (Wildman–Crippen MR) is 68.9 cm³/mol. The van der Waals surface area contributed by atoms with Crippen molar-refractivity contribution in [3.05, 3.63) is 12.3 Å². The molecule has 0 fully saturated rings. The zero-order chi connectivity index (χ0) is 12.9. The zero-order valence-electron chi connectivity index (χ0n) is 11.1. The number of carbonyl (C=O) groups is 1. The van der Waals surface area contributed by atoms with E-state index in [1.165, 1.54) is 0 Å². The van der Waals surface area contributed by atoms with Gasteiger partial charge in [-0.2, -0.15) is 5.10 Å². The maximum Gasteiger partial charge on any atom is 0.226 e. The fraction of sp³-hybridized carbons (Fsp3) is 0.667. The fourth-order valence-corrected chi connectivity index (χ4v) is 1.36. The topological polar surface area (TPSA) is 59.0 Å². The number of amides is 1. The molecule has 5 nitrogen and oxygen atoms in total. The van der Waals surface area contributed by atoms with E-state index < -0.39 is 0 Å². The maximum atomic E-state index is 11.6. The molecule has 0 aliphatic heterocycles. The number of aryl methyl sites for hydroxylation is 1. The van der Waals surface area contributed by atoms with E-state index in [-0.39, 0.29) is 11.4 Å². The Labute approximate surface area is 103 Å². The van der Waals surface area contributed by atoms with Crippen molar-refractivity contribution < 1.29 is 4.79 Å². The Kier molecular flexibility index (Phi) is 4.69. The number of nitrogens with zero attached hydrogens (tertiary/aromatic N) is 2. The van der Waals surface area contributed by atoms with Gasteiger partial charge in [0.25, 0.3) is 0 Å². The predicted octanol–water partition coefficient (Wildman–Crippen LogP) is 1.62. The van der Waals surface area contributed by atoms with Gasteiger partial charge in [-0.05, 0) is 27.7 Å². The summed E-state index contributed by atoms with van der Waals surface area (Å²) in [6.45, 7) is 9.71. The summed E-state index contributed by atoms with van der Waals surface area (Å²) in [4.78, 5) is 11.6. The van der Waals surface area contributed by atoms with E-state index in [1.54, 1.807) is 10.7 Å². The molecule has 0 saturated heterocycles. The Hall–Kier alpha value is -1.36. The summed E-state index contributed by atoms with van der Waals surface area (Å²) in [7, 11) is 0. The summed E-state index contributed by atoms with van der Waals surface area (Å²) < 4.78 is 1.78. The SMILES string of the molecule is CCn1ccc(NC(=O)CCNC(C)(C)C)n1. The number of rotatable bonds is 5. The average molecular weight is 238 g/mol. The van der Waals surface area contributed by atoms with Gasteiger partial charge in [-0.1, -0.05) is 0 Å². The minimum Gasteiger partial charge on any atom is -0.312 e. The minimum atomic E-state index is -0.0110. The fourth-order valence-electron chi connectivity index (χ4n) is 1.36. The van der Waals surface area contributed by atoms with Crippen LogP contribution in [0.2, 0.25) is 0 Å². The second-order valence-corrected chi connectivity index (χ2v) is 5.03. The van der Waals surface area contributed by atoms with Crippen molar-refractivity contribution in [3.8, 4) is 0 Å². The van der Waals surface area contributed by atoms with Gasteiger partial charge in [0, 0.05) is 37.3 Å². The van der Waals surface area contributed by atoms with E-state index in [9.17, 15) is 4.79 Å². The Morgan fingerprint density at radius 1 is 1.47 bits per heavy atom. The molecular formula is C12H22N4O. The van der Waals surface area contributed by atoms with Crippen molar-refractivity contribution in [2.75, 3.05) is 11.9 Å². The third kappa shape index (κ3) is 5.49. The van der Waals surface area contributed by atoms with Gasteiger partial charge in [0.15, 0.2) is 5.82 Å². The monoisotopic (exact) mass is 238 g/mol. The van der Waals surface area contributed by atoms with E-state index in [0.29, 0.717) is 18.8 Å². The number of carbonyl (C=O) groups excluding carboxylic acids is 1. The highest BCUT2D eigenvalue weighted by molar-refractivity contribution is 5.89. The molecule has 1 rings (SSSR count). The van der Waals surface area contributed by atoms with Gasteiger partial charge in [0.1, 0.15) is 0 Å². The van der Waals surface area contributed by atoms with Crippen LogP contribution in [0.1, 0.15) is 34.1 Å². The molecule has 17 heavy (non-hydrogen) atoms. The Balaban J connectivity index is 2.30. The largest absolute Gasteiger partial charge is 0.312 e. The first-order valence-corrected chi connectivity index (χ1v) is 5.99. The third-order valence-corrected chi connectivity index (χ3v) is 2.24. The number of hydrogen-bond donors (Lipinski definition) is 2. The van der Waals surface area contributed by atoms with Gasteiger partial charge in [0.05, 0.1) is 0 Å². The molecule has 5 heteroatoms. The van der Waals surface area contributed by atoms with E-state index >= 15 is 0 Å². The van der Waals surface area contributed by atoms with Crippen LogP contribution in [0.15, 0.2) is 12.3 Å². The van der Waals surface area contributed by atoms with Crippen molar-refractivity contribution >= 4 is 11.7 Å². The number of aromatic nitrogens is 2. The van der Waals surface area contributed by atoms with Gasteiger partial charge in [0.2, 0.25) is 5.91 Å². The van der Waals surface area contributed by atoms with Crippen LogP contribution in [0.5, 0.6) is 0 Å². The molecular weight excluding hydrogens is 216 g/mol. The molecule has 0 aliphatic carbocycles. The average Bonchev–Trinajstić information content (AvgIpc) is 2.63. The Morgan fingerprint density at radius 3 is 2.71 bits per heavy atom. The van der Waals surface area contributed by atoms with E-state index in [1.807, 2.05) is 13.1 Å². The highest BCUT2D eigenvalue weighted by Gasteiger charge is 2.10. The molecule has 1 heterocycles. The quantitative estimate of drug-likeness (QED) is 0.819. The molecule has 2 N–H and O–H groups in total.